The van der Waals surface area contributed by atoms with Gasteiger partial charge in [-0.05, 0) is 83.2 Å². The van der Waals surface area contributed by atoms with Crippen molar-refractivity contribution in [2.45, 2.75) is 83.2 Å². The molecule has 2 aromatic rings. The summed E-state index contributed by atoms with van der Waals surface area (Å²) in [5.74, 6) is 0.622. The number of benzene rings is 2. The maximum absolute atomic E-state index is 6.34. The van der Waals surface area contributed by atoms with Crippen molar-refractivity contribution in [2.24, 2.45) is 17.3 Å². The Kier molecular flexibility index (Phi) is 7.05. The number of ether oxygens (including phenoxy) is 4. The number of allylic oxidation sites excluding steroid dienone is 2. The second-order valence-corrected chi connectivity index (χ2v) is 13.8. The third kappa shape index (κ3) is 4.90. The molecule has 2 aromatic carbocycles. The van der Waals surface area contributed by atoms with Crippen LogP contribution in [0.1, 0.15) is 64.5 Å². The van der Waals surface area contributed by atoms with Crippen LogP contribution >= 0.6 is 0 Å². The molecule has 6 unspecified atom stereocenters. The molecule has 4 N–H and O–H groups in total. The van der Waals surface area contributed by atoms with Crippen LogP contribution in [0.4, 0.5) is 11.4 Å². The SMILES string of the molecule is CC(C)C1=C(c2ccc(N)cc2)C(CC2CO2)(c2ccc(N)cc2)C(CC2CO2)(C(C)C)C(CC2CO2)=C1CC1CO1. The molecule has 4 saturated heterocycles. The molecule has 6 atom stereocenters. The van der Waals surface area contributed by atoms with Gasteiger partial charge >= 0.3 is 0 Å². The van der Waals surface area contributed by atoms with Crippen LogP contribution in [0.5, 0.6) is 0 Å². The Labute approximate surface area is 250 Å². The zero-order chi connectivity index (χ0) is 29.2. The zero-order valence-corrected chi connectivity index (χ0v) is 25.5. The molecular formula is C36H46N2O4. The smallest absolute Gasteiger partial charge is 0.0850 e. The normalized spacial score (nSPS) is 33.5. The summed E-state index contributed by atoms with van der Waals surface area (Å²) in [4.78, 5) is 0. The standard InChI is InChI=1S/C36H46N2O4/c1-21(2)33-31(13-27-17-39-27)32(14-28-18-40-28)35(22(3)4,15-29-19-41-29)36(16-30-20-42-30,24-7-11-26(38)12-8-24)34(33)23-5-9-25(37)10-6-23/h5-12,21-22,27-30H,13-20,37-38H2,1-4H3. The number of nitrogens with two attached hydrogens (primary N) is 2. The summed E-state index contributed by atoms with van der Waals surface area (Å²) in [6.45, 7) is 12.9. The van der Waals surface area contributed by atoms with Crippen molar-refractivity contribution >= 4 is 16.9 Å². The second kappa shape index (κ2) is 10.5. The molecule has 6 heteroatoms. The molecular weight excluding hydrogens is 524 g/mol. The predicted molar refractivity (Wildman–Crippen MR) is 167 cm³/mol. The third-order valence-electron chi connectivity index (χ3n) is 10.4. The van der Waals surface area contributed by atoms with Gasteiger partial charge in [0.05, 0.1) is 50.8 Å². The van der Waals surface area contributed by atoms with Gasteiger partial charge in [0.1, 0.15) is 0 Å². The van der Waals surface area contributed by atoms with Crippen LogP contribution in [0.25, 0.3) is 5.57 Å². The van der Waals surface area contributed by atoms with E-state index in [2.05, 4.69) is 76.2 Å². The second-order valence-electron chi connectivity index (χ2n) is 13.8. The molecule has 1 aliphatic carbocycles. The zero-order valence-electron chi connectivity index (χ0n) is 25.5. The summed E-state index contributed by atoms with van der Waals surface area (Å²) < 4.78 is 24.2. The Balaban J connectivity index is 1.63. The van der Waals surface area contributed by atoms with Gasteiger partial charge in [0.15, 0.2) is 0 Å². The van der Waals surface area contributed by atoms with Crippen molar-refractivity contribution in [2.75, 3.05) is 37.9 Å². The van der Waals surface area contributed by atoms with Gasteiger partial charge in [-0.1, -0.05) is 57.5 Å². The minimum absolute atomic E-state index is 0.199. The highest BCUT2D eigenvalue weighted by Crippen LogP contribution is 2.70. The molecule has 0 saturated carbocycles. The predicted octanol–water partition coefficient (Wildman–Crippen LogP) is 6.31. The molecule has 0 bridgehead atoms. The Morgan fingerprint density at radius 2 is 1.19 bits per heavy atom. The third-order valence-corrected chi connectivity index (χ3v) is 10.4. The summed E-state index contributed by atoms with van der Waals surface area (Å²) in [5.41, 5.74) is 22.1. The first-order valence-electron chi connectivity index (χ1n) is 15.9. The number of hydrogen-bond acceptors (Lipinski definition) is 6. The number of nitrogen functional groups attached to an aromatic ring is 2. The fourth-order valence-corrected chi connectivity index (χ4v) is 8.37. The van der Waals surface area contributed by atoms with E-state index in [0.29, 0.717) is 11.8 Å². The number of rotatable bonds is 12. The van der Waals surface area contributed by atoms with E-state index in [4.69, 9.17) is 30.4 Å². The Bertz CT molecular complexity index is 1380. The molecule has 5 aliphatic rings. The van der Waals surface area contributed by atoms with E-state index >= 15 is 0 Å². The highest BCUT2D eigenvalue weighted by atomic mass is 16.6. The van der Waals surface area contributed by atoms with Crippen molar-refractivity contribution in [3.8, 4) is 0 Å². The van der Waals surface area contributed by atoms with Gasteiger partial charge in [-0.2, -0.15) is 0 Å². The van der Waals surface area contributed by atoms with Crippen molar-refractivity contribution in [1.82, 2.24) is 0 Å². The van der Waals surface area contributed by atoms with Crippen LogP contribution in [0, 0.1) is 17.3 Å². The molecule has 4 fully saturated rings. The fraction of sp³-hybridized carbons (Fsp3) is 0.556. The van der Waals surface area contributed by atoms with E-state index in [1.54, 1.807) is 5.57 Å². The van der Waals surface area contributed by atoms with Crippen LogP contribution in [-0.4, -0.2) is 50.8 Å². The lowest BCUT2D eigenvalue weighted by Crippen LogP contribution is -2.56. The van der Waals surface area contributed by atoms with Gasteiger partial charge in [-0.25, -0.2) is 0 Å². The Morgan fingerprint density at radius 1 is 0.690 bits per heavy atom. The van der Waals surface area contributed by atoms with E-state index in [9.17, 15) is 0 Å². The molecule has 7 rings (SSSR count). The van der Waals surface area contributed by atoms with E-state index in [-0.39, 0.29) is 35.2 Å². The first-order valence-corrected chi connectivity index (χ1v) is 15.9. The lowest BCUT2D eigenvalue weighted by atomic mass is 9.42. The van der Waals surface area contributed by atoms with Gasteiger partial charge in [-0.3, -0.25) is 0 Å². The average Bonchev–Trinajstić information content (AvgIpc) is 3.77. The molecule has 0 amide bonds. The van der Waals surface area contributed by atoms with Gasteiger partial charge < -0.3 is 30.4 Å². The lowest BCUT2D eigenvalue weighted by Gasteiger charge is -2.61. The van der Waals surface area contributed by atoms with Gasteiger partial charge in [0.25, 0.3) is 0 Å². The van der Waals surface area contributed by atoms with E-state index < -0.39 is 0 Å². The summed E-state index contributed by atoms with van der Waals surface area (Å²) in [5, 5.41) is 0. The topological polar surface area (TPSA) is 102 Å². The number of epoxide rings is 4. The van der Waals surface area contributed by atoms with Crippen LogP contribution < -0.4 is 11.5 Å². The molecule has 224 valence electrons. The maximum Gasteiger partial charge on any atom is 0.0850 e. The molecule has 6 nitrogen and oxygen atoms in total. The molecule has 0 radical (unpaired) electrons. The Morgan fingerprint density at radius 3 is 1.69 bits per heavy atom. The summed E-state index contributed by atoms with van der Waals surface area (Å²) in [6.07, 6.45) is 4.72. The van der Waals surface area contributed by atoms with E-state index in [1.165, 1.54) is 27.8 Å². The van der Waals surface area contributed by atoms with Gasteiger partial charge in [-0.15, -0.1) is 0 Å². The first kappa shape index (κ1) is 28.1. The molecule has 4 heterocycles. The van der Waals surface area contributed by atoms with E-state index in [1.807, 2.05) is 0 Å². The average molecular weight is 571 g/mol. The van der Waals surface area contributed by atoms with Gasteiger partial charge in [0, 0.05) is 28.6 Å². The summed E-state index contributed by atoms with van der Waals surface area (Å²) in [6, 6.07) is 17.3. The quantitative estimate of drug-likeness (QED) is 0.229. The monoisotopic (exact) mass is 570 g/mol. The van der Waals surface area contributed by atoms with Crippen molar-refractivity contribution in [3.05, 3.63) is 76.4 Å². The largest absolute Gasteiger partial charge is 0.399 e. The highest BCUT2D eigenvalue weighted by Gasteiger charge is 2.64. The number of hydrogen-bond donors (Lipinski definition) is 2. The summed E-state index contributed by atoms with van der Waals surface area (Å²) >= 11 is 0. The van der Waals surface area contributed by atoms with Crippen LogP contribution in [0.2, 0.25) is 0 Å². The minimum atomic E-state index is -0.379. The van der Waals surface area contributed by atoms with E-state index in [0.717, 1.165) is 63.5 Å². The summed E-state index contributed by atoms with van der Waals surface area (Å²) in [7, 11) is 0. The highest BCUT2D eigenvalue weighted by molar-refractivity contribution is 5.86. The minimum Gasteiger partial charge on any atom is -0.399 e. The van der Waals surface area contributed by atoms with Crippen molar-refractivity contribution in [1.29, 1.82) is 0 Å². The van der Waals surface area contributed by atoms with Crippen molar-refractivity contribution in [3.63, 3.8) is 0 Å². The lowest BCUT2D eigenvalue weighted by molar-refractivity contribution is 0.0872. The molecule has 0 aromatic heterocycles. The van der Waals surface area contributed by atoms with Gasteiger partial charge in [0.2, 0.25) is 0 Å². The molecule has 4 aliphatic heterocycles. The van der Waals surface area contributed by atoms with Crippen LogP contribution in [-0.2, 0) is 24.4 Å². The Hall–Kier alpha value is -2.64. The number of anilines is 2. The van der Waals surface area contributed by atoms with Crippen molar-refractivity contribution < 1.29 is 18.9 Å². The first-order chi connectivity index (χ1) is 20.2. The molecule has 0 spiro atoms. The van der Waals surface area contributed by atoms with Crippen LogP contribution in [0.3, 0.4) is 0 Å². The fourth-order valence-electron chi connectivity index (χ4n) is 8.37. The maximum atomic E-state index is 6.34. The van der Waals surface area contributed by atoms with Crippen LogP contribution in [0.15, 0.2) is 65.3 Å². The molecule has 42 heavy (non-hydrogen) atoms.